The van der Waals surface area contributed by atoms with Crippen molar-refractivity contribution in [3.8, 4) is 5.75 Å². The molecule has 94 valence electrons. The molecule has 0 bridgehead atoms. The number of para-hydroxylation sites is 1. The molecule has 0 spiro atoms. The second-order valence-electron chi connectivity index (χ2n) is 5.03. The molecule has 2 rings (SSSR count). The molecule has 2 atom stereocenters. The first-order chi connectivity index (χ1) is 8.31. The Morgan fingerprint density at radius 3 is 3.06 bits per heavy atom. The van der Waals surface area contributed by atoms with Gasteiger partial charge < -0.3 is 10.1 Å². The number of fused-ring (bicyclic) bond motifs is 1. The van der Waals surface area contributed by atoms with Crippen molar-refractivity contribution in [3.05, 3.63) is 29.8 Å². The minimum Gasteiger partial charge on any atom is -0.493 e. The van der Waals surface area contributed by atoms with Gasteiger partial charge in [-0.1, -0.05) is 32.0 Å². The summed E-state index contributed by atoms with van der Waals surface area (Å²) in [6.07, 6.45) is 2.49. The Labute approximate surface area is 104 Å². The molecule has 0 fully saturated rings. The molecule has 17 heavy (non-hydrogen) atoms. The van der Waals surface area contributed by atoms with Crippen molar-refractivity contribution >= 4 is 0 Å². The molecule has 0 aromatic heterocycles. The van der Waals surface area contributed by atoms with E-state index in [1.165, 1.54) is 18.4 Å². The lowest BCUT2D eigenvalue weighted by atomic mass is 9.89. The van der Waals surface area contributed by atoms with Gasteiger partial charge in [-0.15, -0.1) is 0 Å². The van der Waals surface area contributed by atoms with Gasteiger partial charge in [0, 0.05) is 11.5 Å². The van der Waals surface area contributed by atoms with E-state index in [-0.39, 0.29) is 0 Å². The molecule has 0 saturated heterocycles. The van der Waals surface area contributed by atoms with Gasteiger partial charge in [-0.2, -0.15) is 0 Å². The highest BCUT2D eigenvalue weighted by atomic mass is 16.5. The highest BCUT2D eigenvalue weighted by Crippen LogP contribution is 2.37. The van der Waals surface area contributed by atoms with Crippen LogP contribution in [-0.4, -0.2) is 19.7 Å². The molecule has 1 heterocycles. The van der Waals surface area contributed by atoms with E-state index in [0.717, 1.165) is 31.4 Å². The van der Waals surface area contributed by atoms with Crippen LogP contribution >= 0.6 is 0 Å². The highest BCUT2D eigenvalue weighted by Gasteiger charge is 2.24. The molecule has 2 nitrogen and oxygen atoms in total. The Kier molecular flexibility index (Phi) is 4.43. The fourth-order valence-corrected chi connectivity index (χ4v) is 2.55. The first kappa shape index (κ1) is 12.4. The van der Waals surface area contributed by atoms with Gasteiger partial charge >= 0.3 is 0 Å². The standard InChI is InChI=1S/C15H23NO/c1-3-16-9-8-12(2)10-13-11-17-15-7-5-4-6-14(13)15/h4-7,12-13,16H,3,8-11H2,1-2H3. The smallest absolute Gasteiger partial charge is 0.122 e. The van der Waals surface area contributed by atoms with Crippen molar-refractivity contribution < 1.29 is 4.74 Å². The Morgan fingerprint density at radius 1 is 1.41 bits per heavy atom. The summed E-state index contributed by atoms with van der Waals surface area (Å²) in [6.45, 7) is 7.57. The zero-order valence-electron chi connectivity index (χ0n) is 10.9. The van der Waals surface area contributed by atoms with Crippen molar-refractivity contribution in [2.75, 3.05) is 19.7 Å². The van der Waals surface area contributed by atoms with Gasteiger partial charge in [-0.25, -0.2) is 0 Å². The summed E-state index contributed by atoms with van der Waals surface area (Å²) in [5.41, 5.74) is 1.41. The van der Waals surface area contributed by atoms with Gasteiger partial charge in [-0.3, -0.25) is 0 Å². The predicted octanol–water partition coefficient (Wildman–Crippen LogP) is 3.19. The lowest BCUT2D eigenvalue weighted by Gasteiger charge is -2.15. The molecule has 0 amide bonds. The largest absolute Gasteiger partial charge is 0.493 e. The van der Waals surface area contributed by atoms with Crippen LogP contribution in [0.5, 0.6) is 5.75 Å². The van der Waals surface area contributed by atoms with Crippen LogP contribution in [0.4, 0.5) is 0 Å². The maximum absolute atomic E-state index is 5.72. The van der Waals surface area contributed by atoms with Crippen molar-refractivity contribution in [1.29, 1.82) is 0 Å². The lowest BCUT2D eigenvalue weighted by Crippen LogP contribution is -2.17. The minimum atomic E-state index is 0.600. The van der Waals surface area contributed by atoms with E-state index in [2.05, 4.69) is 43.4 Å². The van der Waals surface area contributed by atoms with Crippen LogP contribution in [0.1, 0.15) is 38.2 Å². The summed E-state index contributed by atoms with van der Waals surface area (Å²) in [5, 5.41) is 3.39. The topological polar surface area (TPSA) is 21.3 Å². The van der Waals surface area contributed by atoms with E-state index < -0.39 is 0 Å². The average Bonchev–Trinajstić information content (AvgIpc) is 2.73. The SMILES string of the molecule is CCNCCC(C)CC1COc2ccccc21. The third-order valence-corrected chi connectivity index (χ3v) is 3.55. The average molecular weight is 233 g/mol. The third-order valence-electron chi connectivity index (χ3n) is 3.55. The van der Waals surface area contributed by atoms with E-state index in [9.17, 15) is 0 Å². The van der Waals surface area contributed by atoms with Gasteiger partial charge in [0.15, 0.2) is 0 Å². The van der Waals surface area contributed by atoms with Gasteiger partial charge in [0.1, 0.15) is 5.75 Å². The van der Waals surface area contributed by atoms with Crippen LogP contribution in [-0.2, 0) is 0 Å². The van der Waals surface area contributed by atoms with Crippen LogP contribution in [0, 0.1) is 5.92 Å². The molecule has 1 aromatic carbocycles. The van der Waals surface area contributed by atoms with Crippen molar-refractivity contribution in [2.45, 2.75) is 32.6 Å². The number of rotatable bonds is 6. The Bertz CT molecular complexity index is 351. The summed E-state index contributed by atoms with van der Waals surface area (Å²) < 4.78 is 5.72. The molecule has 2 unspecified atom stereocenters. The van der Waals surface area contributed by atoms with E-state index in [0.29, 0.717) is 5.92 Å². The van der Waals surface area contributed by atoms with Crippen LogP contribution in [0.3, 0.4) is 0 Å². The summed E-state index contributed by atoms with van der Waals surface area (Å²) in [4.78, 5) is 0. The quantitative estimate of drug-likeness (QED) is 0.762. The van der Waals surface area contributed by atoms with E-state index in [4.69, 9.17) is 4.74 Å². The Morgan fingerprint density at radius 2 is 2.24 bits per heavy atom. The normalized spacial score (nSPS) is 19.8. The Balaban J connectivity index is 1.84. The maximum Gasteiger partial charge on any atom is 0.122 e. The maximum atomic E-state index is 5.72. The van der Waals surface area contributed by atoms with Crippen molar-refractivity contribution in [2.24, 2.45) is 5.92 Å². The summed E-state index contributed by atoms with van der Waals surface area (Å²) in [5.74, 6) is 2.45. The third kappa shape index (κ3) is 3.22. The van der Waals surface area contributed by atoms with Gasteiger partial charge in [0.2, 0.25) is 0 Å². The van der Waals surface area contributed by atoms with E-state index in [1.54, 1.807) is 0 Å². The summed E-state index contributed by atoms with van der Waals surface area (Å²) in [7, 11) is 0. The molecule has 0 aliphatic carbocycles. The Hall–Kier alpha value is -1.02. The number of nitrogens with one attached hydrogen (secondary N) is 1. The van der Waals surface area contributed by atoms with Crippen LogP contribution in [0.15, 0.2) is 24.3 Å². The fraction of sp³-hybridized carbons (Fsp3) is 0.600. The van der Waals surface area contributed by atoms with Crippen molar-refractivity contribution in [1.82, 2.24) is 5.32 Å². The minimum absolute atomic E-state index is 0.600. The lowest BCUT2D eigenvalue weighted by molar-refractivity contribution is 0.306. The van der Waals surface area contributed by atoms with Gasteiger partial charge in [0.05, 0.1) is 6.61 Å². The molecular weight excluding hydrogens is 210 g/mol. The van der Waals surface area contributed by atoms with E-state index in [1.807, 2.05) is 0 Å². The monoisotopic (exact) mass is 233 g/mol. The number of hydrogen-bond acceptors (Lipinski definition) is 2. The molecular formula is C15H23NO. The van der Waals surface area contributed by atoms with Crippen LogP contribution in [0.2, 0.25) is 0 Å². The molecule has 1 N–H and O–H groups in total. The van der Waals surface area contributed by atoms with Crippen LogP contribution < -0.4 is 10.1 Å². The van der Waals surface area contributed by atoms with Gasteiger partial charge in [0.25, 0.3) is 0 Å². The molecule has 0 saturated carbocycles. The highest BCUT2D eigenvalue weighted by molar-refractivity contribution is 5.39. The van der Waals surface area contributed by atoms with E-state index >= 15 is 0 Å². The zero-order valence-corrected chi connectivity index (χ0v) is 10.9. The fourth-order valence-electron chi connectivity index (χ4n) is 2.55. The first-order valence-corrected chi connectivity index (χ1v) is 6.73. The number of benzene rings is 1. The second kappa shape index (κ2) is 6.06. The van der Waals surface area contributed by atoms with Crippen LogP contribution in [0.25, 0.3) is 0 Å². The number of ether oxygens (including phenoxy) is 1. The summed E-state index contributed by atoms with van der Waals surface area (Å²) in [6, 6.07) is 8.46. The molecule has 1 aliphatic rings. The second-order valence-corrected chi connectivity index (χ2v) is 5.03. The predicted molar refractivity (Wildman–Crippen MR) is 71.6 cm³/mol. The zero-order chi connectivity index (χ0) is 12.1. The summed E-state index contributed by atoms with van der Waals surface area (Å²) >= 11 is 0. The van der Waals surface area contributed by atoms with Crippen molar-refractivity contribution in [3.63, 3.8) is 0 Å². The molecule has 0 radical (unpaired) electrons. The number of hydrogen-bond donors (Lipinski definition) is 1. The molecule has 1 aromatic rings. The molecule has 1 aliphatic heterocycles. The van der Waals surface area contributed by atoms with Gasteiger partial charge in [-0.05, 0) is 37.9 Å². The first-order valence-electron chi connectivity index (χ1n) is 6.73. The molecule has 2 heteroatoms.